The molecule has 10 heteroatoms. The number of para-hydroxylation sites is 1. The Kier molecular flexibility index (Phi) is 7.63. The third-order valence-electron chi connectivity index (χ3n) is 3.15. The first-order valence-electron chi connectivity index (χ1n) is 7.90. The molecule has 1 aromatic carbocycles. The Hall–Kier alpha value is -2.55. The molecule has 0 spiro atoms. The summed E-state index contributed by atoms with van der Waals surface area (Å²) in [6.07, 6.45) is -0.380. The van der Waals surface area contributed by atoms with Crippen molar-refractivity contribution in [2.45, 2.75) is 45.3 Å². The van der Waals surface area contributed by atoms with E-state index in [9.17, 15) is 24.8 Å². The summed E-state index contributed by atoms with van der Waals surface area (Å²) in [5.41, 5.74) is -0.733. The van der Waals surface area contributed by atoms with Gasteiger partial charge in [-0.15, -0.1) is 0 Å². The number of alkyl carbamates (subject to hydrolysis) is 1. The van der Waals surface area contributed by atoms with Crippen LogP contribution >= 0.6 is 11.6 Å². The van der Waals surface area contributed by atoms with Gasteiger partial charge in [0, 0.05) is 12.6 Å². The van der Waals surface area contributed by atoms with Gasteiger partial charge in [-0.1, -0.05) is 17.7 Å². The number of carbonyl (C=O) groups excluding carboxylic acids is 1. The van der Waals surface area contributed by atoms with Gasteiger partial charge in [0.05, 0.1) is 9.95 Å². The summed E-state index contributed by atoms with van der Waals surface area (Å²) >= 11 is 5.96. The maximum absolute atomic E-state index is 11.7. The Morgan fingerprint density at radius 1 is 1.38 bits per heavy atom. The second-order valence-corrected chi connectivity index (χ2v) is 6.90. The number of nitrogens with zero attached hydrogens (tertiary/aromatic N) is 1. The summed E-state index contributed by atoms with van der Waals surface area (Å²) in [7, 11) is 0. The van der Waals surface area contributed by atoms with Crippen molar-refractivity contribution in [2.75, 3.05) is 11.9 Å². The largest absolute Gasteiger partial charge is 0.480 e. The van der Waals surface area contributed by atoms with E-state index >= 15 is 0 Å². The van der Waals surface area contributed by atoms with Crippen molar-refractivity contribution >= 4 is 35.0 Å². The summed E-state index contributed by atoms with van der Waals surface area (Å²) in [5, 5.41) is 25.5. The molecular weight excluding hydrogens is 366 g/mol. The van der Waals surface area contributed by atoms with Crippen LogP contribution in [0.3, 0.4) is 0 Å². The predicted octanol–water partition coefficient (Wildman–Crippen LogP) is 3.42. The minimum absolute atomic E-state index is 0.111. The lowest BCUT2D eigenvalue weighted by Crippen LogP contribution is -2.43. The summed E-state index contributed by atoms with van der Waals surface area (Å²) in [6, 6.07) is 3.17. The minimum Gasteiger partial charge on any atom is -0.480 e. The van der Waals surface area contributed by atoms with Gasteiger partial charge in [-0.05, 0) is 39.7 Å². The highest BCUT2D eigenvalue weighted by Gasteiger charge is 2.24. The Morgan fingerprint density at radius 2 is 2.04 bits per heavy atom. The molecule has 144 valence electrons. The lowest BCUT2D eigenvalue weighted by molar-refractivity contribution is -0.383. The van der Waals surface area contributed by atoms with Gasteiger partial charge in [0.2, 0.25) is 0 Å². The zero-order valence-corrected chi connectivity index (χ0v) is 15.5. The van der Waals surface area contributed by atoms with Gasteiger partial charge in [0.15, 0.2) is 0 Å². The number of halogens is 1. The zero-order chi connectivity index (χ0) is 19.9. The number of aliphatic carboxylic acids is 1. The molecule has 0 saturated heterocycles. The summed E-state index contributed by atoms with van der Waals surface area (Å²) in [6.45, 7) is 5.25. The standard InChI is InChI=1S/C16H22ClN3O6/c1-16(2,3)26-15(23)19-11(14(21)22)7-5-9-18-13-10(17)6-4-8-12(13)20(24)25/h4,6,8,11,18H,5,7,9H2,1-3H3,(H,19,23)(H,21,22)/t11-/m0/s1. The molecule has 9 nitrogen and oxygen atoms in total. The average molecular weight is 388 g/mol. The number of carboxylic acids is 1. The molecule has 0 heterocycles. The summed E-state index contributed by atoms with van der Waals surface area (Å²) in [4.78, 5) is 33.4. The lowest BCUT2D eigenvalue weighted by Gasteiger charge is -2.22. The van der Waals surface area contributed by atoms with E-state index in [1.54, 1.807) is 20.8 Å². The van der Waals surface area contributed by atoms with Crippen LogP contribution < -0.4 is 10.6 Å². The third kappa shape index (κ3) is 7.14. The number of ether oxygens (including phenoxy) is 1. The number of hydrogen-bond acceptors (Lipinski definition) is 6. The summed E-state index contributed by atoms with van der Waals surface area (Å²) in [5.74, 6) is -1.19. The van der Waals surface area contributed by atoms with E-state index < -0.39 is 28.6 Å². The molecule has 0 aliphatic rings. The van der Waals surface area contributed by atoms with Crippen LogP contribution in [-0.4, -0.2) is 40.3 Å². The van der Waals surface area contributed by atoms with E-state index in [-0.39, 0.29) is 29.4 Å². The number of anilines is 1. The van der Waals surface area contributed by atoms with Crippen molar-refractivity contribution < 1.29 is 24.4 Å². The molecule has 0 fully saturated rings. The number of nitro groups is 1. The van der Waals surface area contributed by atoms with Gasteiger partial charge < -0.3 is 20.5 Å². The quantitative estimate of drug-likeness (QED) is 0.353. The van der Waals surface area contributed by atoms with Crippen LogP contribution in [0, 0.1) is 10.1 Å². The molecule has 1 amide bonds. The van der Waals surface area contributed by atoms with Gasteiger partial charge in [-0.25, -0.2) is 9.59 Å². The Bertz CT molecular complexity index is 674. The fraction of sp³-hybridized carbons (Fsp3) is 0.500. The Balaban J connectivity index is 2.58. The van der Waals surface area contributed by atoms with E-state index in [1.807, 2.05) is 0 Å². The van der Waals surface area contributed by atoms with E-state index in [4.69, 9.17) is 16.3 Å². The first kappa shape index (κ1) is 21.5. The highest BCUT2D eigenvalue weighted by molar-refractivity contribution is 6.33. The van der Waals surface area contributed by atoms with Crippen LogP contribution in [0.15, 0.2) is 18.2 Å². The predicted molar refractivity (Wildman–Crippen MR) is 96.6 cm³/mol. The average Bonchev–Trinajstić information content (AvgIpc) is 2.49. The monoisotopic (exact) mass is 387 g/mol. The molecule has 1 aromatic rings. The number of carboxylic acid groups (broad SMARTS) is 1. The molecule has 0 bridgehead atoms. The van der Waals surface area contributed by atoms with Crippen LogP contribution in [0.4, 0.5) is 16.2 Å². The van der Waals surface area contributed by atoms with Gasteiger partial charge in [-0.3, -0.25) is 10.1 Å². The van der Waals surface area contributed by atoms with Crippen LogP contribution in [-0.2, 0) is 9.53 Å². The number of amides is 1. The molecule has 0 aliphatic carbocycles. The van der Waals surface area contributed by atoms with Crippen molar-refractivity contribution in [1.29, 1.82) is 0 Å². The molecule has 3 N–H and O–H groups in total. The van der Waals surface area contributed by atoms with E-state index in [0.717, 1.165) is 0 Å². The summed E-state index contributed by atoms with van der Waals surface area (Å²) < 4.78 is 5.03. The number of hydrogen-bond donors (Lipinski definition) is 3. The molecule has 0 saturated carbocycles. The molecule has 26 heavy (non-hydrogen) atoms. The fourth-order valence-corrected chi connectivity index (χ4v) is 2.30. The van der Waals surface area contributed by atoms with Gasteiger partial charge >= 0.3 is 12.1 Å². The van der Waals surface area contributed by atoms with Crippen molar-refractivity contribution in [2.24, 2.45) is 0 Å². The lowest BCUT2D eigenvalue weighted by atomic mass is 10.1. The van der Waals surface area contributed by atoms with Crippen LogP contribution in [0.25, 0.3) is 0 Å². The number of carbonyl (C=O) groups is 2. The van der Waals surface area contributed by atoms with Gasteiger partial charge in [0.25, 0.3) is 5.69 Å². The highest BCUT2D eigenvalue weighted by Crippen LogP contribution is 2.31. The zero-order valence-electron chi connectivity index (χ0n) is 14.7. The number of rotatable bonds is 8. The molecule has 0 unspecified atom stereocenters. The van der Waals surface area contributed by atoms with Crippen molar-refractivity contribution in [3.63, 3.8) is 0 Å². The molecule has 1 atom stereocenters. The first-order chi connectivity index (χ1) is 12.0. The van der Waals surface area contributed by atoms with Gasteiger partial charge in [0.1, 0.15) is 17.3 Å². The third-order valence-corrected chi connectivity index (χ3v) is 3.46. The van der Waals surface area contributed by atoms with Gasteiger partial charge in [-0.2, -0.15) is 0 Å². The SMILES string of the molecule is CC(C)(C)OC(=O)N[C@@H](CCCNc1c(Cl)cccc1[N+](=O)[O-])C(=O)O. The van der Waals surface area contributed by atoms with E-state index in [1.165, 1.54) is 18.2 Å². The molecular formula is C16H22ClN3O6. The van der Waals surface area contributed by atoms with Crippen molar-refractivity contribution in [1.82, 2.24) is 5.32 Å². The second kappa shape index (κ2) is 9.23. The van der Waals surface area contributed by atoms with Crippen molar-refractivity contribution in [3.8, 4) is 0 Å². The Morgan fingerprint density at radius 3 is 2.58 bits per heavy atom. The van der Waals surface area contributed by atoms with Crippen LogP contribution in [0.1, 0.15) is 33.6 Å². The maximum Gasteiger partial charge on any atom is 0.408 e. The number of nitro benzene ring substituents is 1. The maximum atomic E-state index is 11.7. The topological polar surface area (TPSA) is 131 Å². The number of benzene rings is 1. The highest BCUT2D eigenvalue weighted by atomic mass is 35.5. The molecule has 0 radical (unpaired) electrons. The fourth-order valence-electron chi connectivity index (χ4n) is 2.07. The first-order valence-corrected chi connectivity index (χ1v) is 8.28. The molecule has 0 aromatic heterocycles. The minimum atomic E-state index is -1.19. The smallest absolute Gasteiger partial charge is 0.408 e. The van der Waals surface area contributed by atoms with Crippen LogP contribution in [0.2, 0.25) is 5.02 Å². The van der Waals surface area contributed by atoms with Crippen molar-refractivity contribution in [3.05, 3.63) is 33.3 Å². The number of nitrogens with one attached hydrogen (secondary N) is 2. The molecule has 1 rings (SSSR count). The molecule has 0 aliphatic heterocycles. The Labute approximate surface area is 155 Å². The van der Waals surface area contributed by atoms with Crippen LogP contribution in [0.5, 0.6) is 0 Å². The van der Waals surface area contributed by atoms with E-state index in [0.29, 0.717) is 6.42 Å². The normalized spacial score (nSPS) is 12.2. The van der Waals surface area contributed by atoms with E-state index in [2.05, 4.69) is 10.6 Å². The second-order valence-electron chi connectivity index (χ2n) is 6.50.